The molecule has 1 unspecified atom stereocenters. The van der Waals surface area contributed by atoms with Gasteiger partial charge in [-0.15, -0.1) is 0 Å². The Labute approximate surface area is 90.1 Å². The SMILES string of the molecule is CCCC(O)CNCc1cccc(F)c1. The lowest BCUT2D eigenvalue weighted by molar-refractivity contribution is 0.160. The largest absolute Gasteiger partial charge is 0.392 e. The number of hydrogen-bond donors (Lipinski definition) is 2. The molecule has 0 aromatic heterocycles. The van der Waals surface area contributed by atoms with Crippen LogP contribution in [0.2, 0.25) is 0 Å². The van der Waals surface area contributed by atoms with Gasteiger partial charge in [0.25, 0.3) is 0 Å². The summed E-state index contributed by atoms with van der Waals surface area (Å²) >= 11 is 0. The van der Waals surface area contributed by atoms with Gasteiger partial charge in [-0.2, -0.15) is 0 Å². The molecule has 15 heavy (non-hydrogen) atoms. The zero-order chi connectivity index (χ0) is 11.1. The van der Waals surface area contributed by atoms with E-state index in [-0.39, 0.29) is 11.9 Å². The molecule has 1 rings (SSSR count). The summed E-state index contributed by atoms with van der Waals surface area (Å²) < 4.78 is 12.8. The Kier molecular flexibility index (Phi) is 5.29. The van der Waals surface area contributed by atoms with Gasteiger partial charge < -0.3 is 10.4 Å². The van der Waals surface area contributed by atoms with Gasteiger partial charge in [-0.05, 0) is 24.1 Å². The average molecular weight is 211 g/mol. The first-order chi connectivity index (χ1) is 7.22. The predicted octanol–water partition coefficient (Wildman–Crippen LogP) is 2.08. The Balaban J connectivity index is 2.25. The predicted molar refractivity (Wildman–Crippen MR) is 59.0 cm³/mol. The van der Waals surface area contributed by atoms with Crippen LogP contribution in [0.5, 0.6) is 0 Å². The fraction of sp³-hybridized carbons (Fsp3) is 0.500. The monoisotopic (exact) mass is 211 g/mol. The highest BCUT2D eigenvalue weighted by atomic mass is 19.1. The van der Waals surface area contributed by atoms with E-state index in [1.807, 2.05) is 13.0 Å². The third-order valence-electron chi connectivity index (χ3n) is 2.22. The number of hydrogen-bond acceptors (Lipinski definition) is 2. The van der Waals surface area contributed by atoms with Gasteiger partial charge >= 0.3 is 0 Å². The molecule has 1 aromatic rings. The number of benzene rings is 1. The van der Waals surface area contributed by atoms with Crippen LogP contribution in [-0.4, -0.2) is 17.8 Å². The van der Waals surface area contributed by atoms with E-state index in [9.17, 15) is 9.50 Å². The third kappa shape index (κ3) is 4.91. The minimum Gasteiger partial charge on any atom is -0.392 e. The Morgan fingerprint density at radius 3 is 2.93 bits per heavy atom. The van der Waals surface area contributed by atoms with Crippen molar-refractivity contribution >= 4 is 0 Å². The molecule has 0 aliphatic heterocycles. The van der Waals surface area contributed by atoms with Crippen LogP contribution in [0.3, 0.4) is 0 Å². The number of halogens is 1. The second-order valence-electron chi connectivity index (χ2n) is 3.70. The first kappa shape index (κ1) is 12.1. The zero-order valence-electron chi connectivity index (χ0n) is 9.04. The van der Waals surface area contributed by atoms with Crippen molar-refractivity contribution in [2.24, 2.45) is 0 Å². The number of aliphatic hydroxyl groups excluding tert-OH is 1. The second-order valence-corrected chi connectivity index (χ2v) is 3.70. The van der Waals surface area contributed by atoms with Gasteiger partial charge in [-0.25, -0.2) is 4.39 Å². The molecule has 1 aromatic carbocycles. The smallest absolute Gasteiger partial charge is 0.123 e. The molecule has 3 heteroatoms. The molecule has 0 amide bonds. The summed E-state index contributed by atoms with van der Waals surface area (Å²) in [5.74, 6) is -0.219. The summed E-state index contributed by atoms with van der Waals surface area (Å²) in [6.45, 7) is 3.19. The van der Waals surface area contributed by atoms with Crippen LogP contribution >= 0.6 is 0 Å². The Bertz CT molecular complexity index is 291. The Morgan fingerprint density at radius 2 is 2.27 bits per heavy atom. The normalized spacial score (nSPS) is 12.7. The van der Waals surface area contributed by atoms with Crippen molar-refractivity contribution in [1.29, 1.82) is 0 Å². The van der Waals surface area contributed by atoms with Crippen LogP contribution in [0, 0.1) is 5.82 Å². The Hall–Kier alpha value is -0.930. The minimum atomic E-state index is -0.302. The van der Waals surface area contributed by atoms with Crippen LogP contribution in [0.15, 0.2) is 24.3 Å². The average Bonchev–Trinajstić information content (AvgIpc) is 2.18. The van der Waals surface area contributed by atoms with Crippen molar-refractivity contribution in [3.63, 3.8) is 0 Å². The van der Waals surface area contributed by atoms with Crippen molar-refractivity contribution < 1.29 is 9.50 Å². The lowest BCUT2D eigenvalue weighted by Crippen LogP contribution is -2.26. The third-order valence-corrected chi connectivity index (χ3v) is 2.22. The lowest BCUT2D eigenvalue weighted by atomic mass is 10.2. The molecule has 2 N–H and O–H groups in total. The summed E-state index contributed by atoms with van der Waals surface area (Å²) in [5, 5.41) is 12.5. The van der Waals surface area contributed by atoms with Crippen LogP contribution in [0.25, 0.3) is 0 Å². The van der Waals surface area contributed by atoms with Crippen molar-refractivity contribution in [3.05, 3.63) is 35.6 Å². The second kappa shape index (κ2) is 6.53. The van der Waals surface area contributed by atoms with Crippen molar-refractivity contribution in [3.8, 4) is 0 Å². The molecule has 0 radical (unpaired) electrons. The van der Waals surface area contributed by atoms with Gasteiger partial charge in [0, 0.05) is 13.1 Å². The molecule has 0 spiro atoms. The van der Waals surface area contributed by atoms with Gasteiger partial charge in [0.2, 0.25) is 0 Å². The van der Waals surface area contributed by atoms with Gasteiger partial charge in [0.05, 0.1) is 6.10 Å². The maximum absolute atomic E-state index is 12.8. The van der Waals surface area contributed by atoms with Crippen LogP contribution in [-0.2, 0) is 6.54 Å². The van der Waals surface area contributed by atoms with E-state index in [2.05, 4.69) is 5.32 Å². The van der Waals surface area contributed by atoms with E-state index in [1.54, 1.807) is 6.07 Å². The van der Waals surface area contributed by atoms with Crippen LogP contribution in [0.1, 0.15) is 25.3 Å². The number of rotatable bonds is 6. The first-order valence-electron chi connectivity index (χ1n) is 5.35. The summed E-state index contributed by atoms with van der Waals surface area (Å²) in [7, 11) is 0. The molecule has 1 atom stereocenters. The maximum Gasteiger partial charge on any atom is 0.123 e. The molecular weight excluding hydrogens is 193 g/mol. The number of nitrogens with one attached hydrogen (secondary N) is 1. The molecule has 0 aliphatic rings. The molecule has 2 nitrogen and oxygen atoms in total. The highest BCUT2D eigenvalue weighted by Crippen LogP contribution is 2.03. The van der Waals surface area contributed by atoms with Crippen molar-refractivity contribution in [2.45, 2.75) is 32.4 Å². The van der Waals surface area contributed by atoms with Gasteiger partial charge in [0.1, 0.15) is 5.82 Å². The van der Waals surface area contributed by atoms with Gasteiger partial charge in [0.15, 0.2) is 0 Å². The summed E-state index contributed by atoms with van der Waals surface area (Å²) in [6.07, 6.45) is 1.47. The fourth-order valence-corrected chi connectivity index (χ4v) is 1.47. The van der Waals surface area contributed by atoms with Crippen molar-refractivity contribution in [1.82, 2.24) is 5.32 Å². The molecule has 0 aliphatic carbocycles. The van der Waals surface area contributed by atoms with Crippen LogP contribution < -0.4 is 5.32 Å². The Morgan fingerprint density at radius 1 is 1.47 bits per heavy atom. The fourth-order valence-electron chi connectivity index (χ4n) is 1.47. The molecule has 0 fully saturated rings. The maximum atomic E-state index is 12.8. The molecule has 0 bridgehead atoms. The van der Waals surface area contributed by atoms with Crippen molar-refractivity contribution in [2.75, 3.05) is 6.54 Å². The molecular formula is C12H18FNO. The standard InChI is InChI=1S/C12H18FNO/c1-2-4-12(15)9-14-8-10-5-3-6-11(13)7-10/h3,5-7,12,14-15H,2,4,8-9H2,1H3. The summed E-state index contributed by atoms with van der Waals surface area (Å²) in [5.41, 5.74) is 0.902. The lowest BCUT2D eigenvalue weighted by Gasteiger charge is -2.10. The first-order valence-corrected chi connectivity index (χ1v) is 5.35. The topological polar surface area (TPSA) is 32.3 Å². The minimum absolute atomic E-state index is 0.219. The van der Waals surface area contributed by atoms with Gasteiger partial charge in [-0.3, -0.25) is 0 Å². The van der Waals surface area contributed by atoms with Crippen LogP contribution in [0.4, 0.5) is 4.39 Å². The van der Waals surface area contributed by atoms with E-state index < -0.39 is 0 Å². The zero-order valence-corrected chi connectivity index (χ0v) is 9.04. The summed E-state index contributed by atoms with van der Waals surface area (Å²) in [6, 6.07) is 6.48. The number of aliphatic hydroxyl groups is 1. The highest BCUT2D eigenvalue weighted by Gasteiger charge is 2.01. The highest BCUT2D eigenvalue weighted by molar-refractivity contribution is 5.15. The molecule has 0 heterocycles. The molecule has 0 saturated carbocycles. The quantitative estimate of drug-likeness (QED) is 0.755. The summed E-state index contributed by atoms with van der Waals surface area (Å²) in [4.78, 5) is 0. The molecule has 0 saturated heterocycles. The van der Waals surface area contributed by atoms with Gasteiger partial charge in [-0.1, -0.05) is 25.5 Å². The van der Waals surface area contributed by atoms with E-state index in [0.29, 0.717) is 13.1 Å². The van der Waals surface area contributed by atoms with E-state index >= 15 is 0 Å². The molecule has 84 valence electrons. The van der Waals surface area contributed by atoms with E-state index in [1.165, 1.54) is 12.1 Å². The van der Waals surface area contributed by atoms with E-state index in [0.717, 1.165) is 18.4 Å². The van der Waals surface area contributed by atoms with E-state index in [4.69, 9.17) is 0 Å².